The highest BCUT2D eigenvalue weighted by Gasteiger charge is 2.48. The van der Waals surface area contributed by atoms with Crippen molar-refractivity contribution >= 4 is 5.91 Å². The number of carbonyl (C=O) groups is 1. The Morgan fingerprint density at radius 1 is 1.19 bits per heavy atom. The average molecular weight is 286 g/mol. The van der Waals surface area contributed by atoms with Crippen molar-refractivity contribution in [2.45, 2.75) is 45.1 Å². The standard InChI is InChI=1S/C18H26N2O/c1-18(2)15(13-6-4-3-5-7-13)12-16(18)19-10-11-20-17(21)14-8-9-14/h3-7,14-16,19H,8-12H2,1-2H3,(H,20,21)/t15-,16+/m0/s1. The molecule has 0 aliphatic heterocycles. The van der Waals surface area contributed by atoms with E-state index in [0.717, 1.165) is 25.9 Å². The molecular weight excluding hydrogens is 260 g/mol. The molecule has 0 aromatic heterocycles. The van der Waals surface area contributed by atoms with Crippen molar-refractivity contribution in [2.24, 2.45) is 11.3 Å². The van der Waals surface area contributed by atoms with Gasteiger partial charge in [0.1, 0.15) is 0 Å². The number of nitrogens with one attached hydrogen (secondary N) is 2. The molecular formula is C18H26N2O. The van der Waals surface area contributed by atoms with Crippen LogP contribution in [0, 0.1) is 11.3 Å². The highest BCUT2D eigenvalue weighted by atomic mass is 16.2. The van der Waals surface area contributed by atoms with Gasteiger partial charge in [-0.15, -0.1) is 0 Å². The van der Waals surface area contributed by atoms with Gasteiger partial charge in [0.25, 0.3) is 0 Å². The van der Waals surface area contributed by atoms with Crippen LogP contribution in [-0.2, 0) is 4.79 Å². The quantitative estimate of drug-likeness (QED) is 0.789. The van der Waals surface area contributed by atoms with Crippen molar-refractivity contribution < 1.29 is 4.79 Å². The molecule has 3 nitrogen and oxygen atoms in total. The van der Waals surface area contributed by atoms with E-state index < -0.39 is 0 Å². The first-order valence-corrected chi connectivity index (χ1v) is 8.15. The predicted molar refractivity (Wildman–Crippen MR) is 85.1 cm³/mol. The first-order chi connectivity index (χ1) is 10.1. The number of hydrogen-bond acceptors (Lipinski definition) is 2. The molecule has 0 spiro atoms. The molecule has 0 unspecified atom stereocenters. The summed E-state index contributed by atoms with van der Waals surface area (Å²) in [7, 11) is 0. The first kappa shape index (κ1) is 14.6. The Balaban J connectivity index is 1.42. The highest BCUT2D eigenvalue weighted by molar-refractivity contribution is 5.80. The van der Waals surface area contributed by atoms with Crippen molar-refractivity contribution in [3.63, 3.8) is 0 Å². The third-order valence-electron chi connectivity index (χ3n) is 5.23. The highest BCUT2D eigenvalue weighted by Crippen LogP contribution is 2.52. The van der Waals surface area contributed by atoms with Gasteiger partial charge in [-0.1, -0.05) is 44.2 Å². The molecule has 114 valence electrons. The summed E-state index contributed by atoms with van der Waals surface area (Å²) in [6.07, 6.45) is 3.34. The second-order valence-electron chi connectivity index (χ2n) is 7.09. The lowest BCUT2D eigenvalue weighted by Gasteiger charge is -2.53. The molecule has 2 N–H and O–H groups in total. The Kier molecular flexibility index (Phi) is 4.03. The van der Waals surface area contributed by atoms with Crippen molar-refractivity contribution in [1.82, 2.24) is 10.6 Å². The number of amides is 1. The molecule has 2 fully saturated rings. The van der Waals surface area contributed by atoms with E-state index in [1.807, 2.05) is 0 Å². The summed E-state index contributed by atoms with van der Waals surface area (Å²) in [6.45, 7) is 6.30. The lowest BCUT2D eigenvalue weighted by atomic mass is 9.56. The number of benzene rings is 1. The summed E-state index contributed by atoms with van der Waals surface area (Å²) in [4.78, 5) is 11.6. The third kappa shape index (κ3) is 3.13. The molecule has 1 aromatic carbocycles. The molecule has 2 atom stereocenters. The zero-order valence-corrected chi connectivity index (χ0v) is 13.1. The van der Waals surface area contributed by atoms with Crippen LogP contribution in [0.5, 0.6) is 0 Å². The topological polar surface area (TPSA) is 41.1 Å². The van der Waals surface area contributed by atoms with Gasteiger partial charge in [-0.25, -0.2) is 0 Å². The van der Waals surface area contributed by atoms with E-state index in [9.17, 15) is 4.79 Å². The molecule has 0 bridgehead atoms. The van der Waals surface area contributed by atoms with E-state index in [1.165, 1.54) is 12.0 Å². The SMILES string of the molecule is CC1(C)[C@H](NCCNC(=O)C2CC2)C[C@H]1c1ccccc1. The summed E-state index contributed by atoms with van der Waals surface area (Å²) in [5.74, 6) is 1.19. The van der Waals surface area contributed by atoms with Crippen LogP contribution in [0.1, 0.15) is 44.6 Å². The minimum Gasteiger partial charge on any atom is -0.355 e. The fourth-order valence-electron chi connectivity index (χ4n) is 3.44. The molecule has 1 amide bonds. The normalized spacial score (nSPS) is 27.0. The third-order valence-corrected chi connectivity index (χ3v) is 5.23. The van der Waals surface area contributed by atoms with Gasteiger partial charge in [-0.05, 0) is 36.2 Å². The number of carbonyl (C=O) groups excluding carboxylic acids is 1. The Labute approximate surface area is 127 Å². The smallest absolute Gasteiger partial charge is 0.223 e. The van der Waals surface area contributed by atoms with E-state index in [4.69, 9.17) is 0 Å². The average Bonchev–Trinajstić information content (AvgIpc) is 3.31. The second kappa shape index (κ2) is 5.80. The van der Waals surface area contributed by atoms with Crippen LogP contribution in [-0.4, -0.2) is 25.0 Å². The van der Waals surface area contributed by atoms with Crippen LogP contribution < -0.4 is 10.6 Å². The monoisotopic (exact) mass is 286 g/mol. The zero-order chi connectivity index (χ0) is 14.9. The molecule has 0 saturated heterocycles. The molecule has 2 aliphatic rings. The fraction of sp³-hybridized carbons (Fsp3) is 0.611. The summed E-state index contributed by atoms with van der Waals surface area (Å²) in [6, 6.07) is 11.3. The van der Waals surface area contributed by atoms with Gasteiger partial charge in [-0.3, -0.25) is 4.79 Å². The Hall–Kier alpha value is -1.35. The zero-order valence-electron chi connectivity index (χ0n) is 13.1. The maximum absolute atomic E-state index is 11.6. The molecule has 1 aromatic rings. The molecule has 2 aliphatic carbocycles. The van der Waals surface area contributed by atoms with Gasteiger partial charge in [0.05, 0.1) is 0 Å². The van der Waals surface area contributed by atoms with Crippen LogP contribution in [0.3, 0.4) is 0 Å². The molecule has 21 heavy (non-hydrogen) atoms. The Morgan fingerprint density at radius 2 is 1.90 bits per heavy atom. The Morgan fingerprint density at radius 3 is 2.52 bits per heavy atom. The van der Waals surface area contributed by atoms with E-state index in [-0.39, 0.29) is 11.3 Å². The fourth-order valence-corrected chi connectivity index (χ4v) is 3.44. The summed E-state index contributed by atoms with van der Waals surface area (Å²) >= 11 is 0. The van der Waals surface area contributed by atoms with Gasteiger partial charge in [0, 0.05) is 25.0 Å². The van der Waals surface area contributed by atoms with Crippen molar-refractivity contribution in [3.05, 3.63) is 35.9 Å². The maximum atomic E-state index is 11.6. The number of hydrogen-bond donors (Lipinski definition) is 2. The Bertz CT molecular complexity index is 493. The molecule has 2 saturated carbocycles. The van der Waals surface area contributed by atoms with E-state index in [0.29, 0.717) is 17.9 Å². The van der Waals surface area contributed by atoms with Crippen LogP contribution in [0.2, 0.25) is 0 Å². The molecule has 3 heteroatoms. The van der Waals surface area contributed by atoms with E-state index >= 15 is 0 Å². The van der Waals surface area contributed by atoms with Gasteiger partial charge < -0.3 is 10.6 Å². The van der Waals surface area contributed by atoms with Gasteiger partial charge in [0.2, 0.25) is 5.91 Å². The minimum atomic E-state index is 0.242. The van der Waals surface area contributed by atoms with E-state index in [2.05, 4.69) is 54.8 Å². The van der Waals surface area contributed by atoms with Gasteiger partial charge in [0.15, 0.2) is 0 Å². The second-order valence-corrected chi connectivity index (χ2v) is 7.09. The molecule has 3 rings (SSSR count). The van der Waals surface area contributed by atoms with Crippen LogP contribution in [0.4, 0.5) is 0 Å². The van der Waals surface area contributed by atoms with E-state index in [1.54, 1.807) is 0 Å². The lowest BCUT2D eigenvalue weighted by molar-refractivity contribution is -0.122. The summed E-state index contributed by atoms with van der Waals surface area (Å²) < 4.78 is 0. The van der Waals surface area contributed by atoms with Crippen molar-refractivity contribution in [3.8, 4) is 0 Å². The minimum absolute atomic E-state index is 0.242. The van der Waals surface area contributed by atoms with Crippen LogP contribution in [0.15, 0.2) is 30.3 Å². The molecule has 0 heterocycles. The predicted octanol–water partition coefficient (Wildman–Crippen LogP) is 2.68. The van der Waals surface area contributed by atoms with Gasteiger partial charge >= 0.3 is 0 Å². The summed E-state index contributed by atoms with van der Waals surface area (Å²) in [5, 5.41) is 6.63. The van der Waals surface area contributed by atoms with Crippen molar-refractivity contribution in [2.75, 3.05) is 13.1 Å². The van der Waals surface area contributed by atoms with Crippen LogP contribution >= 0.6 is 0 Å². The summed E-state index contributed by atoms with van der Waals surface area (Å²) in [5.41, 5.74) is 1.73. The lowest BCUT2D eigenvalue weighted by Crippen LogP contribution is -2.56. The number of rotatable bonds is 6. The molecule has 0 radical (unpaired) electrons. The largest absolute Gasteiger partial charge is 0.355 e. The van der Waals surface area contributed by atoms with Crippen molar-refractivity contribution in [1.29, 1.82) is 0 Å². The van der Waals surface area contributed by atoms with Gasteiger partial charge in [-0.2, -0.15) is 0 Å². The first-order valence-electron chi connectivity index (χ1n) is 8.15. The van der Waals surface area contributed by atoms with Crippen LogP contribution in [0.25, 0.3) is 0 Å². The maximum Gasteiger partial charge on any atom is 0.223 e.